The summed E-state index contributed by atoms with van der Waals surface area (Å²) in [5, 5.41) is 0.592. The summed E-state index contributed by atoms with van der Waals surface area (Å²) in [7, 11) is -0.563. The lowest BCUT2D eigenvalue weighted by Crippen LogP contribution is -2.28. The average molecular weight is 429 g/mol. The quantitative estimate of drug-likeness (QED) is 0.583. The largest absolute Gasteiger partial charge is 0.337 e. The van der Waals surface area contributed by atoms with Crippen molar-refractivity contribution in [3.8, 4) is 0 Å². The number of rotatable bonds is 6. The Hall–Kier alpha value is -2.83. The first-order chi connectivity index (χ1) is 13.8. The van der Waals surface area contributed by atoms with E-state index in [4.69, 9.17) is 11.6 Å². The molecule has 5 nitrogen and oxygen atoms in total. The van der Waals surface area contributed by atoms with Gasteiger partial charge in [-0.25, -0.2) is 8.42 Å². The van der Waals surface area contributed by atoms with E-state index >= 15 is 0 Å². The highest BCUT2D eigenvalue weighted by atomic mass is 35.5. The van der Waals surface area contributed by atoms with E-state index in [0.717, 1.165) is 5.56 Å². The van der Waals surface area contributed by atoms with Crippen LogP contribution in [0.4, 0.5) is 5.69 Å². The molecule has 0 aliphatic rings. The third-order valence-corrected chi connectivity index (χ3v) is 6.74. The molecule has 150 valence electrons. The topological polar surface area (TPSA) is 57.7 Å². The first-order valence-corrected chi connectivity index (χ1v) is 10.8. The zero-order valence-corrected chi connectivity index (χ0v) is 17.7. The van der Waals surface area contributed by atoms with Gasteiger partial charge >= 0.3 is 0 Å². The maximum atomic E-state index is 12.9. The van der Waals surface area contributed by atoms with Gasteiger partial charge in [0, 0.05) is 31.2 Å². The van der Waals surface area contributed by atoms with E-state index in [0.29, 0.717) is 22.8 Å². The van der Waals surface area contributed by atoms with Crippen molar-refractivity contribution in [1.82, 2.24) is 4.90 Å². The van der Waals surface area contributed by atoms with Gasteiger partial charge in [0.1, 0.15) is 0 Å². The van der Waals surface area contributed by atoms with Crippen LogP contribution in [0.25, 0.3) is 0 Å². The molecule has 0 spiro atoms. The number of carbonyl (C=O) groups excluding carboxylic acids is 1. The number of benzene rings is 3. The van der Waals surface area contributed by atoms with Crippen molar-refractivity contribution in [3.05, 3.63) is 95.0 Å². The van der Waals surface area contributed by atoms with E-state index < -0.39 is 10.0 Å². The Morgan fingerprint density at radius 1 is 0.897 bits per heavy atom. The van der Waals surface area contributed by atoms with Crippen LogP contribution in [0.1, 0.15) is 15.9 Å². The van der Waals surface area contributed by atoms with E-state index in [1.807, 2.05) is 18.2 Å². The minimum absolute atomic E-state index is 0.190. The smallest absolute Gasteiger partial charge is 0.264 e. The van der Waals surface area contributed by atoms with Crippen LogP contribution in [-0.4, -0.2) is 33.3 Å². The number of hydrogen-bond acceptors (Lipinski definition) is 3. The second-order valence-corrected chi connectivity index (χ2v) is 8.96. The maximum absolute atomic E-state index is 12.9. The number of nitrogens with zero attached hydrogens (tertiary/aromatic N) is 2. The number of sulfonamides is 1. The molecule has 0 aliphatic heterocycles. The summed E-state index contributed by atoms with van der Waals surface area (Å²) in [6.45, 7) is 0.348. The first kappa shape index (κ1) is 20.9. The number of amides is 1. The van der Waals surface area contributed by atoms with E-state index in [1.165, 1.54) is 23.5 Å². The zero-order chi connectivity index (χ0) is 21.0. The van der Waals surface area contributed by atoms with E-state index in [-0.39, 0.29) is 10.8 Å². The maximum Gasteiger partial charge on any atom is 0.264 e. The molecule has 0 atom stereocenters. The lowest BCUT2D eigenvalue weighted by atomic mass is 10.1. The molecule has 1 amide bonds. The van der Waals surface area contributed by atoms with Gasteiger partial charge in [0.25, 0.3) is 15.9 Å². The molecule has 0 unspecified atom stereocenters. The third kappa shape index (κ3) is 4.60. The number of halogens is 1. The number of anilines is 1. The van der Waals surface area contributed by atoms with Crippen LogP contribution in [0, 0.1) is 0 Å². The monoisotopic (exact) mass is 428 g/mol. The molecule has 3 rings (SSSR count). The SMILES string of the molecule is CN(Cc1ccccc1Cl)C(=O)c1cccc(N(C)S(=O)(=O)c2ccccc2)c1. The second-order valence-electron chi connectivity index (χ2n) is 6.59. The Bertz CT molecular complexity index is 1120. The van der Waals surface area contributed by atoms with E-state index in [1.54, 1.807) is 60.5 Å². The van der Waals surface area contributed by atoms with Crippen LogP contribution in [-0.2, 0) is 16.6 Å². The molecule has 0 saturated carbocycles. The highest BCUT2D eigenvalue weighted by Crippen LogP contribution is 2.24. The predicted molar refractivity (Wildman–Crippen MR) is 116 cm³/mol. The summed E-state index contributed by atoms with van der Waals surface area (Å²) in [4.78, 5) is 14.6. The fraction of sp³-hybridized carbons (Fsp3) is 0.136. The van der Waals surface area contributed by atoms with Gasteiger partial charge in [-0.05, 0) is 42.0 Å². The molecule has 0 fully saturated rings. The van der Waals surface area contributed by atoms with Gasteiger partial charge in [0.15, 0.2) is 0 Å². The molecule has 0 aliphatic carbocycles. The lowest BCUT2D eigenvalue weighted by Gasteiger charge is -2.22. The summed E-state index contributed by atoms with van der Waals surface area (Å²) in [5.74, 6) is -0.225. The van der Waals surface area contributed by atoms with Crippen molar-refractivity contribution in [2.75, 3.05) is 18.4 Å². The average Bonchev–Trinajstić information content (AvgIpc) is 2.75. The van der Waals surface area contributed by atoms with Crippen LogP contribution >= 0.6 is 11.6 Å². The van der Waals surface area contributed by atoms with Crippen molar-refractivity contribution >= 4 is 33.2 Å². The molecule has 7 heteroatoms. The molecule has 3 aromatic carbocycles. The van der Waals surface area contributed by atoms with Crippen molar-refractivity contribution in [2.45, 2.75) is 11.4 Å². The van der Waals surface area contributed by atoms with Crippen molar-refractivity contribution in [1.29, 1.82) is 0 Å². The Labute approximate surface area is 176 Å². The van der Waals surface area contributed by atoms with Gasteiger partial charge in [-0.2, -0.15) is 0 Å². The Balaban J connectivity index is 1.83. The highest BCUT2D eigenvalue weighted by Gasteiger charge is 2.22. The van der Waals surface area contributed by atoms with Gasteiger partial charge in [0.05, 0.1) is 10.6 Å². The highest BCUT2D eigenvalue weighted by molar-refractivity contribution is 7.92. The molecule has 0 aromatic heterocycles. The summed E-state index contributed by atoms with van der Waals surface area (Å²) < 4.78 is 26.9. The summed E-state index contributed by atoms with van der Waals surface area (Å²) >= 11 is 6.18. The Morgan fingerprint density at radius 3 is 2.24 bits per heavy atom. The number of hydrogen-bond donors (Lipinski definition) is 0. The van der Waals surface area contributed by atoms with Gasteiger partial charge in [-0.3, -0.25) is 9.10 Å². The molecule has 0 bridgehead atoms. The van der Waals surface area contributed by atoms with Gasteiger partial charge in [0.2, 0.25) is 0 Å². The van der Waals surface area contributed by atoms with Crippen LogP contribution in [0.15, 0.2) is 83.8 Å². The van der Waals surface area contributed by atoms with E-state index in [2.05, 4.69) is 0 Å². The molecule has 0 saturated heterocycles. The van der Waals surface area contributed by atoms with Gasteiger partial charge in [-0.1, -0.05) is 54.1 Å². The fourth-order valence-corrected chi connectivity index (χ4v) is 4.30. The molecule has 3 aromatic rings. The standard InChI is InChI=1S/C22H21ClN2O3S/c1-24(16-18-9-6-7-14-21(18)23)22(26)17-10-8-11-19(15-17)25(2)29(27,28)20-12-4-3-5-13-20/h3-15H,16H2,1-2H3. The van der Waals surface area contributed by atoms with Crippen molar-refractivity contribution in [2.24, 2.45) is 0 Å². The van der Waals surface area contributed by atoms with Crippen LogP contribution < -0.4 is 4.31 Å². The number of carbonyl (C=O) groups is 1. The molecular formula is C22H21ClN2O3S. The summed E-state index contributed by atoms with van der Waals surface area (Å²) in [6.07, 6.45) is 0. The summed E-state index contributed by atoms with van der Waals surface area (Å²) in [5.41, 5.74) is 1.64. The van der Waals surface area contributed by atoms with Crippen LogP contribution in [0.3, 0.4) is 0 Å². The fourth-order valence-electron chi connectivity index (χ4n) is 2.90. The molecule has 0 N–H and O–H groups in total. The van der Waals surface area contributed by atoms with Crippen molar-refractivity contribution < 1.29 is 13.2 Å². The predicted octanol–water partition coefficient (Wildman–Crippen LogP) is 4.44. The third-order valence-electron chi connectivity index (χ3n) is 4.57. The lowest BCUT2D eigenvalue weighted by molar-refractivity contribution is 0.0785. The second kappa shape index (κ2) is 8.68. The Kier molecular flexibility index (Phi) is 6.25. The van der Waals surface area contributed by atoms with Crippen molar-refractivity contribution in [3.63, 3.8) is 0 Å². The molecule has 0 heterocycles. The molecular weight excluding hydrogens is 408 g/mol. The minimum Gasteiger partial charge on any atom is -0.337 e. The molecule has 29 heavy (non-hydrogen) atoms. The molecule has 0 radical (unpaired) electrons. The van der Waals surface area contributed by atoms with Gasteiger partial charge < -0.3 is 4.90 Å². The first-order valence-electron chi connectivity index (χ1n) is 8.93. The van der Waals surface area contributed by atoms with Gasteiger partial charge in [-0.15, -0.1) is 0 Å². The van der Waals surface area contributed by atoms with Crippen LogP contribution in [0.5, 0.6) is 0 Å². The zero-order valence-electron chi connectivity index (χ0n) is 16.1. The van der Waals surface area contributed by atoms with E-state index in [9.17, 15) is 13.2 Å². The minimum atomic E-state index is -3.72. The van der Waals surface area contributed by atoms with Crippen LogP contribution in [0.2, 0.25) is 5.02 Å². The Morgan fingerprint density at radius 2 is 1.55 bits per heavy atom. The summed E-state index contributed by atoms with van der Waals surface area (Å²) in [6, 6.07) is 22.1. The normalized spacial score (nSPS) is 11.1.